The Kier molecular flexibility index (Phi) is 5.20. The molecule has 0 spiro atoms. The summed E-state index contributed by atoms with van der Waals surface area (Å²) in [6.45, 7) is -0.511. The Morgan fingerprint density at radius 3 is 2.36 bits per heavy atom. The van der Waals surface area contributed by atoms with Gasteiger partial charge in [0.2, 0.25) is 0 Å². The van der Waals surface area contributed by atoms with Crippen LogP contribution in [0.15, 0.2) is 54.9 Å². The zero-order chi connectivity index (χ0) is 15.8. The van der Waals surface area contributed by atoms with Crippen molar-refractivity contribution in [3.8, 4) is 0 Å². The summed E-state index contributed by atoms with van der Waals surface area (Å²) < 4.78 is 4.79. The van der Waals surface area contributed by atoms with Gasteiger partial charge in [-0.3, -0.25) is 25.4 Å². The summed E-state index contributed by atoms with van der Waals surface area (Å²) in [5, 5.41) is 0. The second kappa shape index (κ2) is 7.53. The normalized spacial score (nSPS) is 9.64. The number of hydrogen-bond donors (Lipinski definition) is 2. The molecule has 0 saturated heterocycles. The minimum Gasteiger partial charge on any atom is -0.452 e. The fraction of sp³-hybridized carbons (Fsp3) is 0.0667. The number of esters is 1. The Bertz CT molecular complexity index is 602. The van der Waals surface area contributed by atoms with Gasteiger partial charge in [-0.1, -0.05) is 18.2 Å². The quantitative estimate of drug-likeness (QED) is 0.640. The number of nitrogens with one attached hydrogen (secondary N) is 2. The van der Waals surface area contributed by atoms with E-state index in [1.54, 1.807) is 36.4 Å². The summed E-state index contributed by atoms with van der Waals surface area (Å²) in [5.41, 5.74) is 5.01. The molecule has 2 rings (SSSR count). The summed E-state index contributed by atoms with van der Waals surface area (Å²) in [4.78, 5) is 38.5. The number of nitrogens with zero attached hydrogens (tertiary/aromatic N) is 1. The van der Waals surface area contributed by atoms with Crippen molar-refractivity contribution in [2.75, 3.05) is 6.61 Å². The van der Waals surface area contributed by atoms with E-state index < -0.39 is 24.4 Å². The van der Waals surface area contributed by atoms with Crippen LogP contribution in [0.25, 0.3) is 0 Å². The zero-order valence-electron chi connectivity index (χ0n) is 11.5. The van der Waals surface area contributed by atoms with Gasteiger partial charge < -0.3 is 4.74 Å². The maximum Gasteiger partial charge on any atom is 0.340 e. The maximum atomic E-state index is 11.7. The Labute approximate surface area is 126 Å². The SMILES string of the molecule is O=C(COC(=O)c1cccnc1)NNC(=O)c1ccccc1. The largest absolute Gasteiger partial charge is 0.452 e. The minimum absolute atomic E-state index is 0.239. The highest BCUT2D eigenvalue weighted by Gasteiger charge is 2.11. The summed E-state index contributed by atoms with van der Waals surface area (Å²) in [5.74, 6) is -1.79. The van der Waals surface area contributed by atoms with Gasteiger partial charge in [0, 0.05) is 18.0 Å². The number of hydrogen-bond acceptors (Lipinski definition) is 5. The molecular formula is C15H13N3O4. The number of carbonyl (C=O) groups excluding carboxylic acids is 3. The van der Waals surface area contributed by atoms with Crippen LogP contribution in [-0.4, -0.2) is 29.4 Å². The Morgan fingerprint density at radius 2 is 1.68 bits per heavy atom. The van der Waals surface area contributed by atoms with Crippen LogP contribution in [0.3, 0.4) is 0 Å². The average molecular weight is 299 g/mol. The predicted octanol–water partition coefficient (Wildman–Crippen LogP) is 0.700. The van der Waals surface area contributed by atoms with Crippen molar-refractivity contribution < 1.29 is 19.1 Å². The molecule has 1 aromatic heterocycles. The standard InChI is InChI=1S/C15H13N3O4/c19-13(10-22-15(21)12-7-4-8-16-9-12)17-18-14(20)11-5-2-1-3-6-11/h1-9H,10H2,(H,17,19)(H,18,20). The molecule has 0 radical (unpaired) electrons. The fourth-order valence-electron chi connectivity index (χ4n) is 1.52. The van der Waals surface area contributed by atoms with Crippen molar-refractivity contribution in [1.29, 1.82) is 0 Å². The number of pyridine rings is 1. The highest BCUT2D eigenvalue weighted by Crippen LogP contribution is 1.99. The molecule has 22 heavy (non-hydrogen) atoms. The number of aromatic nitrogens is 1. The Balaban J connectivity index is 1.74. The number of ether oxygens (including phenoxy) is 1. The number of amides is 2. The highest BCUT2D eigenvalue weighted by molar-refractivity contribution is 5.96. The van der Waals surface area contributed by atoms with E-state index in [1.807, 2.05) is 0 Å². The van der Waals surface area contributed by atoms with Crippen LogP contribution in [0.4, 0.5) is 0 Å². The third kappa shape index (κ3) is 4.41. The topological polar surface area (TPSA) is 97.4 Å². The predicted molar refractivity (Wildman–Crippen MR) is 76.6 cm³/mol. The van der Waals surface area contributed by atoms with Gasteiger partial charge in [0.15, 0.2) is 6.61 Å². The van der Waals surface area contributed by atoms with Crippen molar-refractivity contribution in [2.45, 2.75) is 0 Å². The summed E-state index contributed by atoms with van der Waals surface area (Å²) in [7, 11) is 0. The summed E-state index contributed by atoms with van der Waals surface area (Å²) in [6, 6.07) is 11.5. The minimum atomic E-state index is -0.669. The molecule has 0 aliphatic heterocycles. The molecule has 0 bridgehead atoms. The number of carbonyl (C=O) groups is 3. The van der Waals surface area contributed by atoms with Crippen molar-refractivity contribution in [2.24, 2.45) is 0 Å². The molecule has 0 saturated carbocycles. The van der Waals surface area contributed by atoms with E-state index in [9.17, 15) is 14.4 Å². The first-order valence-corrected chi connectivity index (χ1v) is 6.38. The van der Waals surface area contributed by atoms with Crippen molar-refractivity contribution in [3.05, 3.63) is 66.0 Å². The number of hydrazine groups is 1. The lowest BCUT2D eigenvalue weighted by Gasteiger charge is -2.08. The van der Waals surface area contributed by atoms with E-state index in [2.05, 4.69) is 15.8 Å². The van der Waals surface area contributed by atoms with Gasteiger partial charge in [0.05, 0.1) is 5.56 Å². The second-order valence-electron chi connectivity index (χ2n) is 4.19. The van der Waals surface area contributed by atoms with Crippen molar-refractivity contribution in [1.82, 2.24) is 15.8 Å². The molecule has 1 aromatic carbocycles. The molecular weight excluding hydrogens is 286 g/mol. The Morgan fingerprint density at radius 1 is 0.955 bits per heavy atom. The molecule has 2 N–H and O–H groups in total. The fourth-order valence-corrected chi connectivity index (χ4v) is 1.52. The van der Waals surface area contributed by atoms with E-state index in [0.29, 0.717) is 5.56 Å². The Hall–Kier alpha value is -3.22. The van der Waals surface area contributed by atoms with E-state index in [-0.39, 0.29) is 5.56 Å². The lowest BCUT2D eigenvalue weighted by Crippen LogP contribution is -2.43. The molecule has 0 unspecified atom stereocenters. The number of rotatable bonds is 4. The highest BCUT2D eigenvalue weighted by atomic mass is 16.5. The van der Waals surface area contributed by atoms with Gasteiger partial charge in [-0.25, -0.2) is 4.79 Å². The van der Waals surface area contributed by atoms with Crippen molar-refractivity contribution >= 4 is 17.8 Å². The molecule has 7 nitrogen and oxygen atoms in total. The van der Waals surface area contributed by atoms with Crippen molar-refractivity contribution in [3.63, 3.8) is 0 Å². The third-order valence-corrected chi connectivity index (χ3v) is 2.58. The van der Waals surface area contributed by atoms with Crippen LogP contribution in [0.2, 0.25) is 0 Å². The van der Waals surface area contributed by atoms with Crippen LogP contribution < -0.4 is 10.9 Å². The van der Waals surface area contributed by atoms with Gasteiger partial charge in [-0.05, 0) is 24.3 Å². The molecule has 1 heterocycles. The molecule has 112 valence electrons. The third-order valence-electron chi connectivity index (χ3n) is 2.58. The molecule has 0 aliphatic rings. The molecule has 0 atom stereocenters. The van der Waals surface area contributed by atoms with Crippen LogP contribution in [-0.2, 0) is 9.53 Å². The van der Waals surface area contributed by atoms with Gasteiger partial charge in [-0.15, -0.1) is 0 Å². The van der Waals surface area contributed by atoms with E-state index in [1.165, 1.54) is 18.5 Å². The van der Waals surface area contributed by atoms with Crippen LogP contribution in [0.1, 0.15) is 20.7 Å². The lowest BCUT2D eigenvalue weighted by molar-refractivity contribution is -0.125. The summed E-state index contributed by atoms with van der Waals surface area (Å²) in [6.07, 6.45) is 2.85. The van der Waals surface area contributed by atoms with Crippen LogP contribution in [0, 0.1) is 0 Å². The zero-order valence-corrected chi connectivity index (χ0v) is 11.5. The van der Waals surface area contributed by atoms with Gasteiger partial charge >= 0.3 is 5.97 Å². The van der Waals surface area contributed by atoms with Gasteiger partial charge in [0.25, 0.3) is 11.8 Å². The van der Waals surface area contributed by atoms with Gasteiger partial charge in [-0.2, -0.15) is 0 Å². The second-order valence-corrected chi connectivity index (χ2v) is 4.19. The maximum absolute atomic E-state index is 11.7. The lowest BCUT2D eigenvalue weighted by atomic mass is 10.2. The molecule has 0 fully saturated rings. The van der Waals surface area contributed by atoms with E-state index in [4.69, 9.17) is 4.74 Å². The average Bonchev–Trinajstić information content (AvgIpc) is 2.59. The van der Waals surface area contributed by atoms with E-state index >= 15 is 0 Å². The van der Waals surface area contributed by atoms with Crippen LogP contribution in [0.5, 0.6) is 0 Å². The first kappa shape index (κ1) is 15.2. The molecule has 0 aliphatic carbocycles. The monoisotopic (exact) mass is 299 g/mol. The molecule has 2 amide bonds. The smallest absolute Gasteiger partial charge is 0.340 e. The summed E-state index contributed by atoms with van der Waals surface area (Å²) >= 11 is 0. The van der Waals surface area contributed by atoms with E-state index in [0.717, 1.165) is 0 Å². The molecule has 7 heteroatoms. The van der Waals surface area contributed by atoms with Crippen LogP contribution >= 0.6 is 0 Å². The first-order chi connectivity index (χ1) is 10.7. The first-order valence-electron chi connectivity index (χ1n) is 6.38. The van der Waals surface area contributed by atoms with Gasteiger partial charge in [0.1, 0.15) is 0 Å². The number of benzene rings is 1. The molecule has 2 aromatic rings.